The highest BCUT2D eigenvalue weighted by Crippen LogP contribution is 2.20. The van der Waals surface area contributed by atoms with Gasteiger partial charge in [-0.25, -0.2) is 0 Å². The summed E-state index contributed by atoms with van der Waals surface area (Å²) in [5.74, 6) is -1.80. The van der Waals surface area contributed by atoms with Crippen LogP contribution >= 0.6 is 0 Å². The number of likely N-dealkylation sites (N-methyl/N-ethyl adjacent to an activating group) is 1. The fourth-order valence-corrected chi connectivity index (χ4v) is 2.24. The van der Waals surface area contributed by atoms with Crippen LogP contribution in [0.3, 0.4) is 0 Å². The summed E-state index contributed by atoms with van der Waals surface area (Å²) < 4.78 is 0. The SMILES string of the molecule is CC(Cc1cccc(N2CC(=O)N(C)C(=O)C2)c1)C(=O)O. The third kappa shape index (κ3) is 3.39. The number of imide groups is 1. The van der Waals surface area contributed by atoms with Crippen LogP contribution in [0.2, 0.25) is 0 Å². The van der Waals surface area contributed by atoms with Crippen LogP contribution < -0.4 is 4.90 Å². The zero-order chi connectivity index (χ0) is 15.6. The van der Waals surface area contributed by atoms with E-state index in [1.54, 1.807) is 11.8 Å². The molecule has 1 aliphatic rings. The first-order chi connectivity index (χ1) is 9.88. The molecule has 0 aromatic heterocycles. The Bertz CT molecular complexity index is 567. The molecular weight excluding hydrogens is 272 g/mol. The Morgan fingerprint density at radius 1 is 1.29 bits per heavy atom. The van der Waals surface area contributed by atoms with Crippen molar-refractivity contribution in [2.24, 2.45) is 5.92 Å². The van der Waals surface area contributed by atoms with Crippen molar-refractivity contribution in [3.8, 4) is 0 Å². The van der Waals surface area contributed by atoms with Crippen molar-refractivity contribution in [2.45, 2.75) is 13.3 Å². The quantitative estimate of drug-likeness (QED) is 0.828. The summed E-state index contributed by atoms with van der Waals surface area (Å²) in [6, 6.07) is 7.32. The maximum absolute atomic E-state index is 11.7. The number of anilines is 1. The van der Waals surface area contributed by atoms with Crippen molar-refractivity contribution >= 4 is 23.5 Å². The summed E-state index contributed by atoms with van der Waals surface area (Å²) in [7, 11) is 1.48. The predicted molar refractivity (Wildman–Crippen MR) is 76.9 cm³/mol. The second kappa shape index (κ2) is 5.95. The predicted octanol–water partition coefficient (Wildman–Crippen LogP) is 0.755. The normalized spacial score (nSPS) is 17.0. The minimum absolute atomic E-state index is 0.153. The molecule has 0 aliphatic carbocycles. The van der Waals surface area contributed by atoms with Crippen molar-refractivity contribution in [1.29, 1.82) is 0 Å². The van der Waals surface area contributed by atoms with Crippen LogP contribution in [0.25, 0.3) is 0 Å². The van der Waals surface area contributed by atoms with Gasteiger partial charge in [-0.05, 0) is 24.1 Å². The minimum atomic E-state index is -0.842. The average Bonchev–Trinajstić information content (AvgIpc) is 2.44. The summed E-state index contributed by atoms with van der Waals surface area (Å²) >= 11 is 0. The molecule has 2 rings (SSSR count). The molecule has 1 unspecified atom stereocenters. The van der Waals surface area contributed by atoms with E-state index in [9.17, 15) is 14.4 Å². The summed E-state index contributed by atoms with van der Waals surface area (Å²) in [6.07, 6.45) is 0.415. The van der Waals surface area contributed by atoms with E-state index in [-0.39, 0.29) is 24.9 Å². The zero-order valence-electron chi connectivity index (χ0n) is 12.1. The summed E-state index contributed by atoms with van der Waals surface area (Å²) in [4.78, 5) is 37.2. The molecule has 1 saturated heterocycles. The molecule has 1 atom stereocenters. The van der Waals surface area contributed by atoms with E-state index >= 15 is 0 Å². The lowest BCUT2D eigenvalue weighted by atomic mass is 10.0. The number of piperazine rings is 1. The van der Waals surface area contributed by atoms with Gasteiger partial charge in [-0.2, -0.15) is 0 Å². The van der Waals surface area contributed by atoms with Crippen LogP contribution in [0.15, 0.2) is 24.3 Å². The van der Waals surface area contributed by atoms with Gasteiger partial charge in [-0.3, -0.25) is 19.3 Å². The van der Waals surface area contributed by atoms with Crippen molar-refractivity contribution in [2.75, 3.05) is 25.0 Å². The van der Waals surface area contributed by atoms with Crippen LogP contribution in [-0.2, 0) is 20.8 Å². The van der Waals surface area contributed by atoms with Gasteiger partial charge in [0.05, 0.1) is 19.0 Å². The molecule has 1 N–H and O–H groups in total. The maximum Gasteiger partial charge on any atom is 0.306 e. The number of hydrogen-bond acceptors (Lipinski definition) is 4. The number of aliphatic carboxylic acids is 1. The number of rotatable bonds is 4. The molecule has 1 aromatic carbocycles. The van der Waals surface area contributed by atoms with Gasteiger partial charge >= 0.3 is 5.97 Å². The smallest absolute Gasteiger partial charge is 0.306 e. The van der Waals surface area contributed by atoms with E-state index in [0.29, 0.717) is 6.42 Å². The van der Waals surface area contributed by atoms with E-state index in [2.05, 4.69) is 0 Å². The highest BCUT2D eigenvalue weighted by Gasteiger charge is 2.28. The summed E-state index contributed by atoms with van der Waals surface area (Å²) in [5.41, 5.74) is 1.64. The molecule has 1 aliphatic heterocycles. The van der Waals surface area contributed by atoms with Gasteiger partial charge in [-0.15, -0.1) is 0 Å². The third-order valence-corrected chi connectivity index (χ3v) is 3.64. The molecule has 1 aromatic rings. The first kappa shape index (κ1) is 15.0. The van der Waals surface area contributed by atoms with Gasteiger partial charge < -0.3 is 10.0 Å². The number of carbonyl (C=O) groups is 3. The van der Waals surface area contributed by atoms with Crippen LogP contribution in [0.5, 0.6) is 0 Å². The fourth-order valence-electron chi connectivity index (χ4n) is 2.24. The molecular formula is C15H18N2O4. The summed E-state index contributed by atoms with van der Waals surface area (Å²) in [6.45, 7) is 1.96. The Hall–Kier alpha value is -2.37. The first-order valence-electron chi connectivity index (χ1n) is 6.74. The molecule has 2 amide bonds. The van der Waals surface area contributed by atoms with Crippen molar-refractivity contribution in [3.63, 3.8) is 0 Å². The largest absolute Gasteiger partial charge is 0.481 e. The third-order valence-electron chi connectivity index (χ3n) is 3.64. The van der Waals surface area contributed by atoms with Crippen LogP contribution in [0.4, 0.5) is 5.69 Å². The highest BCUT2D eigenvalue weighted by molar-refractivity contribution is 6.02. The van der Waals surface area contributed by atoms with E-state index in [1.807, 2.05) is 24.3 Å². The van der Waals surface area contributed by atoms with Crippen LogP contribution in [-0.4, -0.2) is 47.9 Å². The lowest BCUT2D eigenvalue weighted by Gasteiger charge is -2.32. The molecule has 0 saturated carbocycles. The molecule has 1 heterocycles. The van der Waals surface area contributed by atoms with Crippen molar-refractivity contribution in [3.05, 3.63) is 29.8 Å². The van der Waals surface area contributed by atoms with Crippen LogP contribution in [0, 0.1) is 5.92 Å². The monoisotopic (exact) mass is 290 g/mol. The maximum atomic E-state index is 11.7. The highest BCUT2D eigenvalue weighted by atomic mass is 16.4. The molecule has 0 radical (unpaired) electrons. The van der Waals surface area contributed by atoms with Gasteiger partial charge in [0, 0.05) is 12.7 Å². The second-order valence-corrected chi connectivity index (χ2v) is 5.32. The Morgan fingerprint density at radius 2 is 1.90 bits per heavy atom. The van der Waals surface area contributed by atoms with Gasteiger partial charge in [0.25, 0.3) is 0 Å². The fraction of sp³-hybridized carbons (Fsp3) is 0.400. The Balaban J connectivity index is 2.16. The van der Waals surface area contributed by atoms with E-state index in [0.717, 1.165) is 16.2 Å². The van der Waals surface area contributed by atoms with Crippen LogP contribution in [0.1, 0.15) is 12.5 Å². The summed E-state index contributed by atoms with van der Waals surface area (Å²) in [5, 5.41) is 8.95. The molecule has 21 heavy (non-hydrogen) atoms. The first-order valence-corrected chi connectivity index (χ1v) is 6.74. The molecule has 6 heteroatoms. The Kier molecular flexibility index (Phi) is 4.26. The Morgan fingerprint density at radius 3 is 2.48 bits per heavy atom. The van der Waals surface area contributed by atoms with Gasteiger partial charge in [-0.1, -0.05) is 19.1 Å². The number of carbonyl (C=O) groups excluding carboxylic acids is 2. The number of benzene rings is 1. The number of hydrogen-bond donors (Lipinski definition) is 1. The Labute approximate surface area is 123 Å². The number of amides is 2. The number of carboxylic acids is 1. The van der Waals surface area contributed by atoms with E-state index in [4.69, 9.17) is 5.11 Å². The standard InChI is InChI=1S/C15H18N2O4/c1-10(15(20)21)6-11-4-3-5-12(7-11)17-8-13(18)16(2)14(19)9-17/h3-5,7,10H,6,8-9H2,1-2H3,(H,20,21). The number of carboxylic acid groups (broad SMARTS) is 1. The lowest BCUT2D eigenvalue weighted by Crippen LogP contribution is -2.52. The molecule has 1 fully saturated rings. The van der Waals surface area contributed by atoms with E-state index in [1.165, 1.54) is 7.05 Å². The van der Waals surface area contributed by atoms with E-state index < -0.39 is 11.9 Å². The van der Waals surface area contributed by atoms with Crippen molar-refractivity contribution < 1.29 is 19.5 Å². The second-order valence-electron chi connectivity index (χ2n) is 5.32. The van der Waals surface area contributed by atoms with Gasteiger partial charge in [0.1, 0.15) is 0 Å². The van der Waals surface area contributed by atoms with Gasteiger partial charge in [0.15, 0.2) is 0 Å². The van der Waals surface area contributed by atoms with Gasteiger partial charge in [0.2, 0.25) is 11.8 Å². The minimum Gasteiger partial charge on any atom is -0.481 e. The molecule has 0 spiro atoms. The van der Waals surface area contributed by atoms with Crippen molar-refractivity contribution in [1.82, 2.24) is 4.90 Å². The molecule has 112 valence electrons. The topological polar surface area (TPSA) is 77.9 Å². The zero-order valence-corrected chi connectivity index (χ0v) is 12.1. The molecule has 6 nitrogen and oxygen atoms in total. The number of nitrogens with zero attached hydrogens (tertiary/aromatic N) is 2. The average molecular weight is 290 g/mol. The lowest BCUT2D eigenvalue weighted by molar-refractivity contribution is -0.144. The molecule has 0 bridgehead atoms.